The van der Waals surface area contributed by atoms with E-state index in [0.29, 0.717) is 19.6 Å². The van der Waals surface area contributed by atoms with Crippen molar-refractivity contribution in [2.24, 2.45) is 0 Å². The number of benzene rings is 1. The quantitative estimate of drug-likeness (QED) is 0.719. The summed E-state index contributed by atoms with van der Waals surface area (Å²) in [6, 6.07) is 10.1. The van der Waals surface area contributed by atoms with E-state index in [1.54, 1.807) is 0 Å². The van der Waals surface area contributed by atoms with E-state index in [9.17, 15) is 4.79 Å². The van der Waals surface area contributed by atoms with Gasteiger partial charge < -0.3 is 10.1 Å². The van der Waals surface area contributed by atoms with Crippen LogP contribution in [0.3, 0.4) is 0 Å². The van der Waals surface area contributed by atoms with Crippen molar-refractivity contribution in [1.29, 1.82) is 0 Å². The van der Waals surface area contributed by atoms with Gasteiger partial charge >= 0.3 is 0 Å². The van der Waals surface area contributed by atoms with Gasteiger partial charge in [-0.3, -0.25) is 4.79 Å². The first-order valence-corrected chi connectivity index (χ1v) is 6.60. The van der Waals surface area contributed by atoms with E-state index < -0.39 is 0 Å². The van der Waals surface area contributed by atoms with Crippen molar-refractivity contribution in [3.05, 3.63) is 35.9 Å². The maximum absolute atomic E-state index is 11.6. The van der Waals surface area contributed by atoms with Gasteiger partial charge in [-0.05, 0) is 32.3 Å². The normalized spacial score (nSPS) is 10.6. The Labute approximate surface area is 110 Å². The van der Waals surface area contributed by atoms with Gasteiger partial charge in [0.1, 0.15) is 0 Å². The van der Waals surface area contributed by atoms with Crippen LogP contribution in [-0.4, -0.2) is 25.2 Å². The molecule has 1 aromatic rings. The van der Waals surface area contributed by atoms with Crippen LogP contribution < -0.4 is 5.32 Å². The number of nitrogens with one attached hydrogen (secondary N) is 1. The number of ether oxygens (including phenoxy) is 1. The molecule has 0 unspecified atom stereocenters. The van der Waals surface area contributed by atoms with Gasteiger partial charge in [-0.2, -0.15) is 0 Å². The van der Waals surface area contributed by atoms with Gasteiger partial charge in [-0.25, -0.2) is 0 Å². The Morgan fingerprint density at radius 2 is 2.00 bits per heavy atom. The summed E-state index contributed by atoms with van der Waals surface area (Å²) < 4.78 is 5.40. The van der Waals surface area contributed by atoms with E-state index in [1.165, 1.54) is 5.56 Å². The third-order valence-electron chi connectivity index (χ3n) is 2.58. The molecule has 1 N–H and O–H groups in total. The average molecular weight is 249 g/mol. The Morgan fingerprint density at radius 1 is 1.28 bits per heavy atom. The topological polar surface area (TPSA) is 38.3 Å². The smallest absolute Gasteiger partial charge is 0.220 e. The summed E-state index contributed by atoms with van der Waals surface area (Å²) in [5.74, 6) is 0.114. The van der Waals surface area contributed by atoms with Crippen LogP contribution in [-0.2, 0) is 16.0 Å². The van der Waals surface area contributed by atoms with E-state index in [0.717, 1.165) is 12.8 Å². The van der Waals surface area contributed by atoms with Crippen molar-refractivity contribution >= 4 is 5.91 Å². The summed E-state index contributed by atoms with van der Waals surface area (Å²) in [7, 11) is 0. The molecule has 0 radical (unpaired) electrons. The Kier molecular flexibility index (Phi) is 7.11. The van der Waals surface area contributed by atoms with E-state index in [2.05, 4.69) is 5.32 Å². The molecule has 0 bridgehead atoms. The number of carbonyl (C=O) groups excluding carboxylic acids is 1. The van der Waals surface area contributed by atoms with Gasteiger partial charge in [0, 0.05) is 19.6 Å². The van der Waals surface area contributed by atoms with Gasteiger partial charge in [0.05, 0.1) is 6.10 Å². The highest BCUT2D eigenvalue weighted by atomic mass is 16.5. The first-order chi connectivity index (χ1) is 8.68. The molecule has 18 heavy (non-hydrogen) atoms. The average Bonchev–Trinajstić information content (AvgIpc) is 2.37. The van der Waals surface area contributed by atoms with Gasteiger partial charge in [0.2, 0.25) is 5.91 Å². The summed E-state index contributed by atoms with van der Waals surface area (Å²) in [4.78, 5) is 11.6. The van der Waals surface area contributed by atoms with Gasteiger partial charge in [-0.1, -0.05) is 30.3 Å². The lowest BCUT2D eigenvalue weighted by Gasteiger charge is -2.08. The van der Waals surface area contributed by atoms with Crippen molar-refractivity contribution in [3.63, 3.8) is 0 Å². The highest BCUT2D eigenvalue weighted by Gasteiger charge is 2.01. The largest absolute Gasteiger partial charge is 0.379 e. The zero-order valence-corrected chi connectivity index (χ0v) is 11.3. The van der Waals surface area contributed by atoms with Crippen LogP contribution >= 0.6 is 0 Å². The van der Waals surface area contributed by atoms with Crippen molar-refractivity contribution < 1.29 is 9.53 Å². The Balaban J connectivity index is 2.04. The maximum atomic E-state index is 11.6. The molecule has 3 nitrogen and oxygen atoms in total. The fraction of sp³-hybridized carbons (Fsp3) is 0.533. The number of hydrogen-bond donors (Lipinski definition) is 1. The Morgan fingerprint density at radius 3 is 2.67 bits per heavy atom. The molecule has 1 aromatic carbocycles. The lowest BCUT2D eigenvalue weighted by atomic mass is 10.1. The molecule has 100 valence electrons. The second kappa shape index (κ2) is 8.70. The molecule has 0 fully saturated rings. The van der Waals surface area contributed by atoms with Gasteiger partial charge in [0.15, 0.2) is 0 Å². The summed E-state index contributed by atoms with van der Waals surface area (Å²) in [5.41, 5.74) is 1.20. The molecule has 1 rings (SSSR count). The third kappa shape index (κ3) is 7.07. The summed E-state index contributed by atoms with van der Waals surface area (Å²) >= 11 is 0. The fourth-order valence-electron chi connectivity index (χ4n) is 1.61. The number of hydrogen-bond acceptors (Lipinski definition) is 2. The number of amides is 1. The lowest BCUT2D eigenvalue weighted by Crippen LogP contribution is -2.25. The first kappa shape index (κ1) is 14.7. The summed E-state index contributed by atoms with van der Waals surface area (Å²) in [6.45, 7) is 5.42. The molecule has 1 amide bonds. The van der Waals surface area contributed by atoms with Crippen LogP contribution in [0.5, 0.6) is 0 Å². The van der Waals surface area contributed by atoms with E-state index >= 15 is 0 Å². The molecule has 0 atom stereocenters. The minimum Gasteiger partial charge on any atom is -0.379 e. The summed E-state index contributed by atoms with van der Waals surface area (Å²) in [6.07, 6.45) is 2.48. The van der Waals surface area contributed by atoms with Crippen LogP contribution in [0.25, 0.3) is 0 Å². The second-order valence-corrected chi connectivity index (χ2v) is 4.61. The van der Waals surface area contributed by atoms with Crippen LogP contribution in [0, 0.1) is 0 Å². The number of rotatable bonds is 8. The van der Waals surface area contributed by atoms with Crippen LogP contribution in [0.15, 0.2) is 30.3 Å². The van der Waals surface area contributed by atoms with Crippen molar-refractivity contribution in [1.82, 2.24) is 5.32 Å². The molecular weight excluding hydrogens is 226 g/mol. The predicted molar refractivity (Wildman–Crippen MR) is 73.5 cm³/mol. The molecule has 0 saturated heterocycles. The SMILES string of the molecule is CC(C)OCCCNC(=O)CCc1ccccc1. The molecule has 0 aromatic heterocycles. The molecule has 3 heteroatoms. The van der Waals surface area contributed by atoms with Crippen LogP contribution in [0.1, 0.15) is 32.3 Å². The summed E-state index contributed by atoms with van der Waals surface area (Å²) in [5, 5.41) is 2.91. The van der Waals surface area contributed by atoms with E-state index in [-0.39, 0.29) is 12.0 Å². The lowest BCUT2D eigenvalue weighted by molar-refractivity contribution is -0.121. The Hall–Kier alpha value is -1.35. The monoisotopic (exact) mass is 249 g/mol. The molecule has 0 saturated carbocycles. The zero-order valence-electron chi connectivity index (χ0n) is 11.3. The molecule has 0 aliphatic heterocycles. The van der Waals surface area contributed by atoms with Crippen LogP contribution in [0.2, 0.25) is 0 Å². The second-order valence-electron chi connectivity index (χ2n) is 4.61. The van der Waals surface area contributed by atoms with Crippen LogP contribution in [0.4, 0.5) is 0 Å². The van der Waals surface area contributed by atoms with Gasteiger partial charge in [-0.15, -0.1) is 0 Å². The highest BCUT2D eigenvalue weighted by molar-refractivity contribution is 5.76. The molecule has 0 heterocycles. The maximum Gasteiger partial charge on any atom is 0.220 e. The minimum atomic E-state index is 0.114. The standard InChI is InChI=1S/C15H23NO2/c1-13(2)18-12-6-11-16-15(17)10-9-14-7-4-3-5-8-14/h3-5,7-8,13H,6,9-12H2,1-2H3,(H,16,17). The molecule has 0 aliphatic carbocycles. The predicted octanol–water partition coefficient (Wildman–Crippen LogP) is 2.55. The molecular formula is C15H23NO2. The van der Waals surface area contributed by atoms with Crippen molar-refractivity contribution in [2.45, 2.75) is 39.2 Å². The fourth-order valence-corrected chi connectivity index (χ4v) is 1.61. The Bertz CT molecular complexity index is 336. The van der Waals surface area contributed by atoms with Crippen molar-refractivity contribution in [3.8, 4) is 0 Å². The molecule has 0 aliphatic rings. The zero-order chi connectivity index (χ0) is 13.2. The first-order valence-electron chi connectivity index (χ1n) is 6.60. The van der Waals surface area contributed by atoms with Gasteiger partial charge in [0.25, 0.3) is 0 Å². The molecule has 0 spiro atoms. The highest BCUT2D eigenvalue weighted by Crippen LogP contribution is 2.01. The van der Waals surface area contributed by atoms with E-state index in [4.69, 9.17) is 4.74 Å². The van der Waals surface area contributed by atoms with Crippen molar-refractivity contribution in [2.75, 3.05) is 13.2 Å². The number of carbonyl (C=O) groups is 1. The van der Waals surface area contributed by atoms with E-state index in [1.807, 2.05) is 44.2 Å². The minimum absolute atomic E-state index is 0.114. The number of aryl methyl sites for hydroxylation is 1. The third-order valence-corrected chi connectivity index (χ3v) is 2.58.